The zero-order chi connectivity index (χ0) is 24.0. The minimum absolute atomic E-state index is 0.0813. The standard InChI is InChI=1S/C34H20O2/c35-33-27-9-3-1-7-19(27)25-17-15-21(23-11-5-13-29(33)31(23)25)22-16-18-26-20-8-2-4-10-28(20)34(36)30-14-6-12-24(22)32(26)30/h1-17,26H,18H2/t26-/m0/s1. The Labute approximate surface area is 208 Å². The first-order valence-electron chi connectivity index (χ1n) is 12.4. The van der Waals surface area contributed by atoms with Crippen molar-refractivity contribution in [3.63, 3.8) is 0 Å². The van der Waals surface area contributed by atoms with Gasteiger partial charge in [0.15, 0.2) is 11.6 Å². The molecule has 0 bridgehead atoms. The first kappa shape index (κ1) is 19.7. The van der Waals surface area contributed by atoms with Gasteiger partial charge >= 0.3 is 0 Å². The lowest BCUT2D eigenvalue weighted by Crippen LogP contribution is -2.23. The second-order valence-corrected chi connectivity index (χ2v) is 9.85. The molecule has 0 N–H and O–H groups in total. The molecule has 8 rings (SSSR count). The van der Waals surface area contributed by atoms with Crippen LogP contribution in [0.1, 0.15) is 66.4 Å². The summed E-state index contributed by atoms with van der Waals surface area (Å²) in [6.45, 7) is 0. The number of hydrogen-bond acceptors (Lipinski definition) is 2. The number of hydrogen-bond donors (Lipinski definition) is 0. The third-order valence-electron chi connectivity index (χ3n) is 8.17. The molecule has 0 aliphatic heterocycles. The molecule has 0 fully saturated rings. The molecule has 168 valence electrons. The topological polar surface area (TPSA) is 34.1 Å². The van der Waals surface area contributed by atoms with E-state index in [-0.39, 0.29) is 17.5 Å². The van der Waals surface area contributed by atoms with Crippen molar-refractivity contribution in [1.29, 1.82) is 0 Å². The minimum Gasteiger partial charge on any atom is -0.289 e. The first-order chi connectivity index (χ1) is 17.7. The molecule has 0 radical (unpaired) electrons. The summed E-state index contributed by atoms with van der Waals surface area (Å²) in [7, 11) is 0. The van der Waals surface area contributed by atoms with Gasteiger partial charge in [0.05, 0.1) is 0 Å². The van der Waals surface area contributed by atoms with Crippen LogP contribution in [0.25, 0.3) is 27.5 Å². The highest BCUT2D eigenvalue weighted by Gasteiger charge is 2.35. The van der Waals surface area contributed by atoms with Crippen molar-refractivity contribution in [2.45, 2.75) is 12.3 Å². The molecule has 0 spiro atoms. The molecule has 3 aliphatic carbocycles. The smallest absolute Gasteiger partial charge is 0.194 e. The summed E-state index contributed by atoms with van der Waals surface area (Å²) in [5, 5.41) is 2.10. The van der Waals surface area contributed by atoms with Gasteiger partial charge in [-0.1, -0.05) is 103 Å². The summed E-state index contributed by atoms with van der Waals surface area (Å²) in [6, 6.07) is 32.4. The second-order valence-electron chi connectivity index (χ2n) is 9.85. The Morgan fingerprint density at radius 3 is 2.03 bits per heavy atom. The molecule has 0 saturated carbocycles. The van der Waals surface area contributed by atoms with Crippen LogP contribution in [-0.4, -0.2) is 11.6 Å². The summed E-state index contributed by atoms with van der Waals surface area (Å²) in [4.78, 5) is 26.8. The molecule has 36 heavy (non-hydrogen) atoms. The van der Waals surface area contributed by atoms with Crippen molar-refractivity contribution < 1.29 is 9.59 Å². The van der Waals surface area contributed by atoms with Crippen molar-refractivity contribution in [2.24, 2.45) is 0 Å². The van der Waals surface area contributed by atoms with Crippen molar-refractivity contribution in [3.8, 4) is 11.1 Å². The number of carbonyl (C=O) groups excluding carboxylic acids is 2. The Morgan fingerprint density at radius 2 is 1.14 bits per heavy atom. The maximum Gasteiger partial charge on any atom is 0.194 e. The van der Waals surface area contributed by atoms with Crippen LogP contribution < -0.4 is 0 Å². The minimum atomic E-state index is 0.0813. The van der Waals surface area contributed by atoms with Gasteiger partial charge < -0.3 is 0 Å². The number of allylic oxidation sites excluding steroid dienone is 1. The van der Waals surface area contributed by atoms with Gasteiger partial charge in [-0.3, -0.25) is 9.59 Å². The van der Waals surface area contributed by atoms with Gasteiger partial charge in [0.25, 0.3) is 0 Å². The molecule has 1 atom stereocenters. The Morgan fingerprint density at radius 1 is 0.500 bits per heavy atom. The summed E-state index contributed by atoms with van der Waals surface area (Å²) in [5.74, 6) is 0.374. The second kappa shape index (κ2) is 6.99. The maximum absolute atomic E-state index is 13.4. The van der Waals surface area contributed by atoms with Crippen molar-refractivity contribution in [1.82, 2.24) is 0 Å². The maximum atomic E-state index is 13.4. The molecule has 2 nitrogen and oxygen atoms in total. The van der Waals surface area contributed by atoms with Crippen LogP contribution in [0.5, 0.6) is 0 Å². The highest BCUT2D eigenvalue weighted by molar-refractivity contribution is 6.27. The fraction of sp³-hybridized carbons (Fsp3) is 0.0588. The average Bonchev–Trinajstić information content (AvgIpc) is 2.94. The van der Waals surface area contributed by atoms with E-state index >= 15 is 0 Å². The van der Waals surface area contributed by atoms with E-state index < -0.39 is 0 Å². The molecule has 0 amide bonds. The van der Waals surface area contributed by atoms with Gasteiger partial charge in [-0.05, 0) is 50.8 Å². The number of fused-ring (bicyclic) bond motifs is 4. The van der Waals surface area contributed by atoms with Crippen LogP contribution >= 0.6 is 0 Å². The number of ketones is 2. The first-order valence-corrected chi connectivity index (χ1v) is 12.4. The van der Waals surface area contributed by atoms with E-state index in [4.69, 9.17) is 0 Å². The number of benzene rings is 5. The SMILES string of the molecule is O=C1c2ccccc2[C@@H]2CC=C(c3ccc4c5c(cccc35)C(=O)c3ccccc3-4)c3cccc1c32. The monoisotopic (exact) mass is 460 g/mol. The normalized spacial score (nSPS) is 16.8. The lowest BCUT2D eigenvalue weighted by atomic mass is 9.69. The van der Waals surface area contributed by atoms with Crippen molar-refractivity contribution >= 4 is 27.9 Å². The quantitative estimate of drug-likeness (QED) is 0.254. The summed E-state index contributed by atoms with van der Waals surface area (Å²) in [6.07, 6.45) is 3.17. The fourth-order valence-corrected chi connectivity index (χ4v) is 6.64. The van der Waals surface area contributed by atoms with Crippen LogP contribution in [0.3, 0.4) is 0 Å². The van der Waals surface area contributed by atoms with E-state index in [1.54, 1.807) is 0 Å². The number of carbonyl (C=O) groups is 2. The summed E-state index contributed by atoms with van der Waals surface area (Å²) < 4.78 is 0. The molecule has 0 saturated heterocycles. The zero-order valence-corrected chi connectivity index (χ0v) is 19.4. The Balaban J connectivity index is 1.39. The molecule has 0 unspecified atom stereocenters. The highest BCUT2D eigenvalue weighted by atomic mass is 16.1. The predicted molar refractivity (Wildman–Crippen MR) is 143 cm³/mol. The molecule has 5 aromatic rings. The van der Waals surface area contributed by atoms with Crippen LogP contribution in [0, 0.1) is 0 Å². The molecule has 0 heterocycles. The van der Waals surface area contributed by atoms with E-state index in [9.17, 15) is 9.59 Å². The van der Waals surface area contributed by atoms with Gasteiger partial charge in [-0.15, -0.1) is 0 Å². The molecule has 5 aromatic carbocycles. The summed E-state index contributed by atoms with van der Waals surface area (Å²) in [5.41, 5.74) is 10.9. The zero-order valence-electron chi connectivity index (χ0n) is 19.4. The van der Waals surface area contributed by atoms with E-state index in [1.165, 1.54) is 0 Å². The molecule has 0 aromatic heterocycles. The van der Waals surface area contributed by atoms with E-state index in [1.807, 2.05) is 66.7 Å². The lowest BCUT2D eigenvalue weighted by molar-refractivity contribution is 0.102. The van der Waals surface area contributed by atoms with Crippen LogP contribution in [0.15, 0.2) is 103 Å². The van der Waals surface area contributed by atoms with Gasteiger partial charge in [-0.2, -0.15) is 0 Å². The van der Waals surface area contributed by atoms with Crippen molar-refractivity contribution in [3.05, 3.63) is 148 Å². The third kappa shape index (κ3) is 2.41. The molecular formula is C34H20O2. The van der Waals surface area contributed by atoms with E-state index in [0.717, 1.165) is 78.4 Å². The van der Waals surface area contributed by atoms with E-state index in [2.05, 4.69) is 36.4 Å². The molecule has 2 heteroatoms. The molecular weight excluding hydrogens is 440 g/mol. The van der Waals surface area contributed by atoms with Gasteiger partial charge in [0.2, 0.25) is 0 Å². The van der Waals surface area contributed by atoms with Gasteiger partial charge in [-0.25, -0.2) is 0 Å². The predicted octanol–water partition coefficient (Wildman–Crippen LogP) is 7.56. The third-order valence-corrected chi connectivity index (χ3v) is 8.17. The van der Waals surface area contributed by atoms with Gasteiger partial charge in [0, 0.05) is 33.6 Å². The summed E-state index contributed by atoms with van der Waals surface area (Å²) >= 11 is 0. The van der Waals surface area contributed by atoms with Crippen LogP contribution in [0.4, 0.5) is 0 Å². The largest absolute Gasteiger partial charge is 0.289 e. The average molecular weight is 461 g/mol. The Hall–Kier alpha value is -4.56. The van der Waals surface area contributed by atoms with Crippen LogP contribution in [0.2, 0.25) is 0 Å². The van der Waals surface area contributed by atoms with E-state index in [0.29, 0.717) is 0 Å². The van der Waals surface area contributed by atoms with Crippen molar-refractivity contribution in [2.75, 3.05) is 0 Å². The van der Waals surface area contributed by atoms with Gasteiger partial charge in [0.1, 0.15) is 0 Å². The fourth-order valence-electron chi connectivity index (χ4n) is 6.64. The lowest BCUT2D eigenvalue weighted by Gasteiger charge is -2.33. The number of rotatable bonds is 1. The Bertz CT molecular complexity index is 1850. The van der Waals surface area contributed by atoms with Crippen LogP contribution in [-0.2, 0) is 0 Å². The Kier molecular flexibility index (Phi) is 3.83. The highest BCUT2D eigenvalue weighted by Crippen LogP contribution is 2.49. The molecule has 3 aliphatic rings.